The van der Waals surface area contributed by atoms with Gasteiger partial charge in [0.05, 0.1) is 6.10 Å². The van der Waals surface area contributed by atoms with E-state index in [2.05, 4.69) is 36.5 Å². The Morgan fingerprint density at radius 2 is 2.33 bits per heavy atom. The molecular weight excluding hydrogens is 222 g/mol. The van der Waals surface area contributed by atoms with Gasteiger partial charge in [0, 0.05) is 12.6 Å². The molecule has 1 aliphatic rings. The highest BCUT2D eigenvalue weighted by Gasteiger charge is 2.20. The molecule has 0 saturated carbocycles. The van der Waals surface area contributed by atoms with Gasteiger partial charge in [0.1, 0.15) is 0 Å². The Kier molecular flexibility index (Phi) is 5.21. The van der Waals surface area contributed by atoms with Crippen LogP contribution in [0.5, 0.6) is 0 Å². The Bertz CT molecular complexity index is 358. The fourth-order valence-electron chi connectivity index (χ4n) is 2.77. The quantitative estimate of drug-likeness (QED) is 0.831. The molecular formula is C16H25NO. The van der Waals surface area contributed by atoms with Crippen LogP contribution in [0.25, 0.3) is 0 Å². The number of aryl methyl sites for hydroxylation is 1. The second kappa shape index (κ2) is 6.91. The predicted octanol–water partition coefficient (Wildman–Crippen LogP) is 3.47. The van der Waals surface area contributed by atoms with Crippen LogP contribution in [-0.4, -0.2) is 19.8 Å². The van der Waals surface area contributed by atoms with Crippen molar-refractivity contribution in [3.8, 4) is 0 Å². The maximum atomic E-state index is 5.74. The molecule has 2 rings (SSSR count). The minimum absolute atomic E-state index is 0.421. The van der Waals surface area contributed by atoms with Crippen LogP contribution in [0.4, 0.5) is 0 Å². The highest BCUT2D eigenvalue weighted by atomic mass is 16.5. The Morgan fingerprint density at radius 1 is 1.44 bits per heavy atom. The van der Waals surface area contributed by atoms with Crippen molar-refractivity contribution >= 4 is 0 Å². The third-order valence-corrected chi connectivity index (χ3v) is 3.76. The Balaban J connectivity index is 2.03. The summed E-state index contributed by atoms with van der Waals surface area (Å²) in [5.74, 6) is 0. The molecule has 2 unspecified atom stereocenters. The van der Waals surface area contributed by atoms with Crippen LogP contribution in [0.15, 0.2) is 24.3 Å². The summed E-state index contributed by atoms with van der Waals surface area (Å²) >= 11 is 0. The van der Waals surface area contributed by atoms with Crippen molar-refractivity contribution in [2.24, 2.45) is 0 Å². The maximum absolute atomic E-state index is 5.74. The fourth-order valence-corrected chi connectivity index (χ4v) is 2.77. The molecule has 0 amide bonds. The number of ether oxygens (including phenoxy) is 1. The van der Waals surface area contributed by atoms with Crippen molar-refractivity contribution in [1.82, 2.24) is 5.32 Å². The average molecular weight is 247 g/mol. The van der Waals surface area contributed by atoms with Gasteiger partial charge in [0.15, 0.2) is 0 Å². The summed E-state index contributed by atoms with van der Waals surface area (Å²) < 4.78 is 5.74. The molecule has 0 aliphatic carbocycles. The van der Waals surface area contributed by atoms with E-state index in [9.17, 15) is 0 Å². The summed E-state index contributed by atoms with van der Waals surface area (Å²) in [4.78, 5) is 0. The van der Waals surface area contributed by atoms with Crippen molar-refractivity contribution in [2.45, 2.75) is 51.2 Å². The second-order valence-corrected chi connectivity index (χ2v) is 5.21. The van der Waals surface area contributed by atoms with Gasteiger partial charge in [-0.3, -0.25) is 0 Å². The highest BCUT2D eigenvalue weighted by molar-refractivity contribution is 5.26. The molecule has 18 heavy (non-hydrogen) atoms. The van der Waals surface area contributed by atoms with Crippen LogP contribution in [0.1, 0.15) is 49.8 Å². The molecule has 2 atom stereocenters. The highest BCUT2D eigenvalue weighted by Crippen LogP contribution is 2.25. The predicted molar refractivity (Wildman–Crippen MR) is 75.8 cm³/mol. The number of nitrogens with one attached hydrogen (secondary N) is 1. The summed E-state index contributed by atoms with van der Waals surface area (Å²) in [5.41, 5.74) is 2.85. The molecule has 1 aromatic rings. The zero-order valence-electron chi connectivity index (χ0n) is 11.6. The summed E-state index contributed by atoms with van der Waals surface area (Å²) in [6.45, 7) is 3.17. The van der Waals surface area contributed by atoms with E-state index in [4.69, 9.17) is 4.74 Å². The van der Waals surface area contributed by atoms with E-state index in [1.807, 2.05) is 7.05 Å². The molecule has 1 aliphatic heterocycles. The molecule has 2 heteroatoms. The maximum Gasteiger partial charge on any atom is 0.0594 e. The molecule has 1 fully saturated rings. The van der Waals surface area contributed by atoms with Crippen molar-refractivity contribution < 1.29 is 4.74 Å². The third kappa shape index (κ3) is 3.56. The van der Waals surface area contributed by atoms with E-state index in [1.54, 1.807) is 0 Å². The van der Waals surface area contributed by atoms with Gasteiger partial charge in [-0.05, 0) is 43.9 Å². The number of rotatable bonds is 6. The van der Waals surface area contributed by atoms with Crippen molar-refractivity contribution in [3.63, 3.8) is 0 Å². The molecule has 2 nitrogen and oxygen atoms in total. The SMILES string of the molecule is CCCc1cccc(C(CC2CCCO2)NC)c1. The van der Waals surface area contributed by atoms with Gasteiger partial charge >= 0.3 is 0 Å². The fraction of sp³-hybridized carbons (Fsp3) is 0.625. The zero-order valence-corrected chi connectivity index (χ0v) is 11.6. The Labute approximate surface area is 111 Å². The first kappa shape index (κ1) is 13.6. The largest absolute Gasteiger partial charge is 0.378 e. The molecule has 0 radical (unpaired) electrons. The van der Waals surface area contributed by atoms with Crippen LogP contribution in [-0.2, 0) is 11.2 Å². The Morgan fingerprint density at radius 3 is 3.00 bits per heavy atom. The lowest BCUT2D eigenvalue weighted by atomic mass is 9.97. The van der Waals surface area contributed by atoms with Gasteiger partial charge in [0.2, 0.25) is 0 Å². The van der Waals surface area contributed by atoms with Crippen molar-refractivity contribution in [2.75, 3.05) is 13.7 Å². The van der Waals surface area contributed by atoms with E-state index in [-0.39, 0.29) is 0 Å². The summed E-state index contributed by atoms with van der Waals surface area (Å²) in [6, 6.07) is 9.41. The van der Waals surface area contributed by atoms with Crippen LogP contribution >= 0.6 is 0 Å². The molecule has 100 valence electrons. The number of benzene rings is 1. The van der Waals surface area contributed by atoms with Gasteiger partial charge in [-0.25, -0.2) is 0 Å². The van der Waals surface area contributed by atoms with E-state index in [1.165, 1.54) is 36.8 Å². The van der Waals surface area contributed by atoms with Crippen LogP contribution in [0.2, 0.25) is 0 Å². The van der Waals surface area contributed by atoms with E-state index < -0.39 is 0 Å². The number of hydrogen-bond donors (Lipinski definition) is 1. The monoisotopic (exact) mass is 247 g/mol. The lowest BCUT2D eigenvalue weighted by molar-refractivity contribution is 0.0954. The molecule has 1 N–H and O–H groups in total. The lowest BCUT2D eigenvalue weighted by Crippen LogP contribution is -2.22. The lowest BCUT2D eigenvalue weighted by Gasteiger charge is -2.21. The smallest absolute Gasteiger partial charge is 0.0594 e. The first-order valence-electron chi connectivity index (χ1n) is 7.21. The van der Waals surface area contributed by atoms with E-state index in [0.717, 1.165) is 13.0 Å². The van der Waals surface area contributed by atoms with E-state index in [0.29, 0.717) is 12.1 Å². The summed E-state index contributed by atoms with van der Waals surface area (Å²) in [7, 11) is 2.05. The third-order valence-electron chi connectivity index (χ3n) is 3.76. The van der Waals surface area contributed by atoms with Crippen LogP contribution in [0, 0.1) is 0 Å². The Hall–Kier alpha value is -0.860. The van der Waals surface area contributed by atoms with Gasteiger partial charge in [-0.15, -0.1) is 0 Å². The number of hydrogen-bond acceptors (Lipinski definition) is 2. The first-order chi connectivity index (χ1) is 8.83. The average Bonchev–Trinajstić information content (AvgIpc) is 2.89. The van der Waals surface area contributed by atoms with Gasteiger partial charge in [0.25, 0.3) is 0 Å². The second-order valence-electron chi connectivity index (χ2n) is 5.21. The zero-order chi connectivity index (χ0) is 12.8. The minimum atomic E-state index is 0.421. The normalized spacial score (nSPS) is 21.1. The summed E-state index contributed by atoms with van der Waals surface area (Å²) in [6.07, 6.45) is 6.34. The molecule has 0 bridgehead atoms. The molecule has 0 spiro atoms. The van der Waals surface area contributed by atoms with Gasteiger partial charge < -0.3 is 10.1 Å². The van der Waals surface area contributed by atoms with Crippen LogP contribution in [0.3, 0.4) is 0 Å². The van der Waals surface area contributed by atoms with E-state index >= 15 is 0 Å². The molecule has 0 aromatic heterocycles. The summed E-state index contributed by atoms with van der Waals surface area (Å²) in [5, 5.41) is 3.43. The van der Waals surface area contributed by atoms with Crippen molar-refractivity contribution in [3.05, 3.63) is 35.4 Å². The van der Waals surface area contributed by atoms with Gasteiger partial charge in [-0.1, -0.05) is 37.6 Å². The van der Waals surface area contributed by atoms with Crippen LogP contribution < -0.4 is 5.32 Å². The van der Waals surface area contributed by atoms with Gasteiger partial charge in [-0.2, -0.15) is 0 Å². The topological polar surface area (TPSA) is 21.3 Å². The minimum Gasteiger partial charge on any atom is -0.378 e. The molecule has 1 saturated heterocycles. The standard InChI is InChI=1S/C16H25NO/c1-3-6-13-7-4-8-14(11-13)16(17-2)12-15-9-5-10-18-15/h4,7-8,11,15-17H,3,5-6,9-10,12H2,1-2H3. The molecule has 1 heterocycles. The van der Waals surface area contributed by atoms with Crippen molar-refractivity contribution in [1.29, 1.82) is 0 Å². The first-order valence-corrected chi connectivity index (χ1v) is 7.21. The molecule has 1 aromatic carbocycles.